The number of hydrogen-bond acceptors (Lipinski definition) is 3. The Bertz CT molecular complexity index is 863. The average Bonchev–Trinajstić information content (AvgIpc) is 2.89. The third kappa shape index (κ3) is 2.22. The third-order valence-corrected chi connectivity index (χ3v) is 8.14. The summed E-state index contributed by atoms with van der Waals surface area (Å²) in [4.78, 5) is 0. The Hall–Kier alpha value is -1.84. The molecule has 0 saturated heterocycles. The minimum atomic E-state index is -1.18. The first-order chi connectivity index (χ1) is 12.9. The molecule has 0 radical (unpaired) electrons. The molecule has 0 spiro atoms. The third-order valence-electron chi connectivity index (χ3n) is 8.14. The van der Waals surface area contributed by atoms with Crippen molar-refractivity contribution >= 4 is 0 Å². The van der Waals surface area contributed by atoms with E-state index in [1.165, 1.54) is 11.1 Å². The van der Waals surface area contributed by atoms with Crippen molar-refractivity contribution in [2.75, 3.05) is 0 Å². The van der Waals surface area contributed by atoms with Gasteiger partial charge >= 0.3 is 0 Å². The second-order valence-corrected chi connectivity index (χ2v) is 9.14. The molecule has 0 bridgehead atoms. The van der Waals surface area contributed by atoms with Gasteiger partial charge in [-0.15, -0.1) is 0 Å². The molecule has 0 aliphatic heterocycles. The summed E-state index contributed by atoms with van der Waals surface area (Å²) in [6.07, 6.45) is 3.90. The fourth-order valence-electron chi connectivity index (χ4n) is 6.80. The summed E-state index contributed by atoms with van der Waals surface area (Å²) >= 11 is 0. The number of aryl methyl sites for hydroxylation is 1. The number of aromatic hydroxyl groups is 1. The molecule has 27 heavy (non-hydrogen) atoms. The Morgan fingerprint density at radius 2 is 1.81 bits per heavy atom. The molecule has 0 aromatic heterocycles. The van der Waals surface area contributed by atoms with Crippen LogP contribution in [0.4, 0.5) is 0 Å². The number of phenolic OH excluding ortho intramolecular Hbond substituents is 1. The monoisotopic (exact) mass is 364 g/mol. The molecule has 2 aromatic rings. The molecule has 2 saturated carbocycles. The number of rotatable bonds is 1. The average molecular weight is 364 g/mol. The molecule has 3 aliphatic carbocycles. The largest absolute Gasteiger partial charge is 0.508 e. The fraction of sp³-hybridized carbons (Fsp3) is 0.500. The standard InChI is InChI=1S/C24H28O3/c1-23-12-11-19-18-10-8-17(25)13-15(18)7-9-20(19)21(23)14-22(26)24(23,27)16-5-3-2-4-6-16/h2-6,8,10,13,19-22,25-27H,7,9,11-12,14H2,1H3/t19?,20?,21?,22-,23+,24+/m1/s1. The quantitative estimate of drug-likeness (QED) is 0.714. The van der Waals surface area contributed by atoms with Crippen molar-refractivity contribution in [1.29, 1.82) is 0 Å². The van der Waals surface area contributed by atoms with E-state index < -0.39 is 11.7 Å². The number of aliphatic hydroxyl groups is 2. The SMILES string of the molecule is C[C@]12CCC3c4ccc(O)cc4CCC3C1C[C@@H](O)[C@@]2(O)c1ccccc1. The summed E-state index contributed by atoms with van der Waals surface area (Å²) in [7, 11) is 0. The van der Waals surface area contributed by atoms with Gasteiger partial charge in [0.1, 0.15) is 11.4 Å². The normalized spacial score (nSPS) is 40.1. The molecular weight excluding hydrogens is 336 g/mol. The van der Waals surface area contributed by atoms with Gasteiger partial charge in [-0.25, -0.2) is 0 Å². The number of hydrogen-bond donors (Lipinski definition) is 3. The molecule has 3 N–H and O–H groups in total. The number of benzene rings is 2. The second-order valence-electron chi connectivity index (χ2n) is 9.14. The first-order valence-corrected chi connectivity index (χ1v) is 10.2. The minimum absolute atomic E-state index is 0.304. The molecule has 0 heterocycles. The Kier molecular flexibility index (Phi) is 3.73. The molecule has 3 nitrogen and oxygen atoms in total. The van der Waals surface area contributed by atoms with Crippen molar-refractivity contribution in [2.24, 2.45) is 17.3 Å². The van der Waals surface area contributed by atoms with Gasteiger partial charge in [0.05, 0.1) is 6.10 Å². The van der Waals surface area contributed by atoms with Crippen molar-refractivity contribution in [2.45, 2.75) is 56.7 Å². The number of phenols is 1. The maximum Gasteiger partial charge on any atom is 0.121 e. The van der Waals surface area contributed by atoms with Crippen LogP contribution in [0.3, 0.4) is 0 Å². The molecule has 0 amide bonds. The molecule has 6 atom stereocenters. The van der Waals surface area contributed by atoms with E-state index in [0.717, 1.165) is 31.2 Å². The smallest absolute Gasteiger partial charge is 0.121 e. The molecule has 3 unspecified atom stereocenters. The molecule has 5 rings (SSSR count). The number of fused-ring (bicyclic) bond motifs is 5. The van der Waals surface area contributed by atoms with Crippen molar-refractivity contribution in [3.05, 3.63) is 65.2 Å². The van der Waals surface area contributed by atoms with Crippen LogP contribution in [-0.4, -0.2) is 21.4 Å². The van der Waals surface area contributed by atoms with Crippen LogP contribution in [0.5, 0.6) is 5.75 Å². The lowest BCUT2D eigenvalue weighted by Gasteiger charge is -2.53. The van der Waals surface area contributed by atoms with Crippen molar-refractivity contribution in [3.63, 3.8) is 0 Å². The summed E-state index contributed by atoms with van der Waals surface area (Å²) in [5.74, 6) is 1.60. The molecule has 142 valence electrons. The van der Waals surface area contributed by atoms with E-state index in [1.807, 2.05) is 36.4 Å². The zero-order valence-corrected chi connectivity index (χ0v) is 15.8. The van der Waals surface area contributed by atoms with Crippen molar-refractivity contribution in [3.8, 4) is 5.75 Å². The highest BCUT2D eigenvalue weighted by atomic mass is 16.3. The minimum Gasteiger partial charge on any atom is -0.508 e. The second kappa shape index (κ2) is 5.83. The van der Waals surface area contributed by atoms with Gasteiger partial charge in [0, 0.05) is 5.41 Å². The van der Waals surface area contributed by atoms with Crippen molar-refractivity contribution in [1.82, 2.24) is 0 Å². The number of aliphatic hydroxyl groups excluding tert-OH is 1. The van der Waals surface area contributed by atoms with E-state index in [-0.39, 0.29) is 5.41 Å². The predicted octanol–water partition coefficient (Wildman–Crippen LogP) is 4.11. The zero-order chi connectivity index (χ0) is 18.8. The maximum atomic E-state index is 11.8. The van der Waals surface area contributed by atoms with E-state index in [0.29, 0.717) is 29.9 Å². The highest BCUT2D eigenvalue weighted by Crippen LogP contribution is 2.66. The van der Waals surface area contributed by atoms with E-state index in [1.54, 1.807) is 6.07 Å². The van der Waals surface area contributed by atoms with E-state index in [4.69, 9.17) is 0 Å². The van der Waals surface area contributed by atoms with Gasteiger partial charge in [-0.05, 0) is 78.7 Å². The highest BCUT2D eigenvalue weighted by molar-refractivity contribution is 5.41. The predicted molar refractivity (Wildman–Crippen MR) is 104 cm³/mol. The molecule has 2 fully saturated rings. The zero-order valence-electron chi connectivity index (χ0n) is 15.8. The van der Waals surface area contributed by atoms with Gasteiger partial charge in [0.2, 0.25) is 0 Å². The molecule has 3 aliphatic rings. The van der Waals surface area contributed by atoms with Gasteiger partial charge in [-0.1, -0.05) is 43.3 Å². The van der Waals surface area contributed by atoms with Crippen LogP contribution in [-0.2, 0) is 12.0 Å². The van der Waals surface area contributed by atoms with Crippen LogP contribution in [0, 0.1) is 17.3 Å². The summed E-state index contributed by atoms with van der Waals surface area (Å²) in [6.45, 7) is 2.20. The van der Waals surface area contributed by atoms with Crippen LogP contribution < -0.4 is 0 Å². The van der Waals surface area contributed by atoms with Gasteiger partial charge in [-0.3, -0.25) is 0 Å². The van der Waals surface area contributed by atoms with Gasteiger partial charge in [0.25, 0.3) is 0 Å². The van der Waals surface area contributed by atoms with Gasteiger partial charge in [0.15, 0.2) is 0 Å². The lowest BCUT2D eigenvalue weighted by Crippen LogP contribution is -2.52. The lowest BCUT2D eigenvalue weighted by molar-refractivity contribution is -0.148. The highest BCUT2D eigenvalue weighted by Gasteiger charge is 2.66. The first kappa shape index (κ1) is 17.3. The summed E-state index contributed by atoms with van der Waals surface area (Å²) in [6, 6.07) is 15.6. The topological polar surface area (TPSA) is 60.7 Å². The van der Waals surface area contributed by atoms with Gasteiger partial charge < -0.3 is 15.3 Å². The Morgan fingerprint density at radius 3 is 2.59 bits per heavy atom. The fourth-order valence-corrected chi connectivity index (χ4v) is 6.80. The van der Waals surface area contributed by atoms with E-state index in [9.17, 15) is 15.3 Å². The summed E-state index contributed by atoms with van der Waals surface area (Å²) in [5.41, 5.74) is 2.00. The van der Waals surface area contributed by atoms with Crippen LogP contribution in [0.25, 0.3) is 0 Å². The lowest BCUT2D eigenvalue weighted by atomic mass is 9.52. The van der Waals surface area contributed by atoms with Crippen LogP contribution in [0.15, 0.2) is 48.5 Å². The Labute approximate surface area is 160 Å². The molecule has 2 aromatic carbocycles. The van der Waals surface area contributed by atoms with Crippen LogP contribution >= 0.6 is 0 Å². The maximum absolute atomic E-state index is 11.8. The van der Waals surface area contributed by atoms with E-state index >= 15 is 0 Å². The van der Waals surface area contributed by atoms with Crippen LogP contribution in [0.2, 0.25) is 0 Å². The summed E-state index contributed by atoms with van der Waals surface area (Å²) < 4.78 is 0. The Balaban J connectivity index is 1.56. The molecular formula is C24H28O3. The van der Waals surface area contributed by atoms with E-state index in [2.05, 4.69) is 13.0 Å². The van der Waals surface area contributed by atoms with Gasteiger partial charge in [-0.2, -0.15) is 0 Å². The summed E-state index contributed by atoms with van der Waals surface area (Å²) in [5, 5.41) is 32.7. The molecule has 3 heteroatoms. The van der Waals surface area contributed by atoms with Crippen LogP contribution in [0.1, 0.15) is 55.2 Å². The van der Waals surface area contributed by atoms with Crippen molar-refractivity contribution < 1.29 is 15.3 Å². The first-order valence-electron chi connectivity index (χ1n) is 10.2. The Morgan fingerprint density at radius 1 is 1.04 bits per heavy atom.